The van der Waals surface area contributed by atoms with Crippen molar-refractivity contribution < 1.29 is 8.42 Å². The number of hydrogen-bond donors (Lipinski definition) is 1. The molecule has 0 bridgehead atoms. The van der Waals surface area contributed by atoms with E-state index in [-0.39, 0.29) is 5.75 Å². The average molecular weight is 201 g/mol. The first kappa shape index (κ1) is 10.2. The van der Waals surface area contributed by atoms with Gasteiger partial charge in [-0.05, 0) is 6.92 Å². The van der Waals surface area contributed by atoms with E-state index in [1.54, 1.807) is 21.7 Å². The summed E-state index contributed by atoms with van der Waals surface area (Å²) in [6.07, 6.45) is 3.35. The highest BCUT2D eigenvalue weighted by atomic mass is 32.2. The van der Waals surface area contributed by atoms with Crippen LogP contribution < -0.4 is 4.72 Å². The fourth-order valence-electron chi connectivity index (χ4n) is 0.917. The predicted octanol–water partition coefficient (Wildman–Crippen LogP) is -0.220. The van der Waals surface area contributed by atoms with E-state index in [9.17, 15) is 8.42 Å². The summed E-state index contributed by atoms with van der Waals surface area (Å²) in [5.41, 5.74) is 0. The highest BCUT2D eigenvalue weighted by molar-refractivity contribution is 7.89. The van der Waals surface area contributed by atoms with Crippen molar-refractivity contribution in [2.24, 2.45) is 0 Å². The Kier molecular flexibility index (Phi) is 3.05. The van der Waals surface area contributed by atoms with Gasteiger partial charge in [0.05, 0.1) is 12.8 Å². The summed E-state index contributed by atoms with van der Waals surface area (Å²) >= 11 is 0. The highest BCUT2D eigenvalue weighted by Crippen LogP contribution is 1.96. The molecule has 13 heavy (non-hydrogen) atoms. The van der Waals surface area contributed by atoms with Crippen molar-refractivity contribution in [1.82, 2.24) is 14.3 Å². The predicted molar refractivity (Wildman–Crippen MR) is 48.2 cm³/mol. The van der Waals surface area contributed by atoms with Crippen LogP contribution in [0.5, 0.6) is 0 Å². The zero-order valence-corrected chi connectivity index (χ0v) is 8.08. The number of imidazole rings is 1. The minimum absolute atomic E-state index is 0.0410. The molecule has 72 valence electrons. The van der Waals surface area contributed by atoms with Crippen LogP contribution in [-0.2, 0) is 16.6 Å². The standard InChI is InChI=1S/C7H11N3O2S/c1-7-9-3-4-10(7)5-6-13(11,12)8-2/h2-4,8H,5-6H2,1H3. The van der Waals surface area contributed by atoms with Crippen LogP contribution in [0.25, 0.3) is 0 Å². The number of sulfonamides is 1. The Labute approximate surface area is 77.8 Å². The van der Waals surface area contributed by atoms with Gasteiger partial charge in [-0.15, -0.1) is 0 Å². The fourth-order valence-corrected chi connectivity index (χ4v) is 1.47. The molecule has 0 aliphatic rings. The van der Waals surface area contributed by atoms with Crippen molar-refractivity contribution in [2.45, 2.75) is 13.5 Å². The number of aryl methyl sites for hydroxylation is 2. The van der Waals surface area contributed by atoms with Gasteiger partial charge in [-0.25, -0.2) is 18.1 Å². The van der Waals surface area contributed by atoms with Crippen LogP contribution in [0.2, 0.25) is 0 Å². The molecular weight excluding hydrogens is 190 g/mol. The van der Waals surface area contributed by atoms with Gasteiger partial charge in [-0.2, -0.15) is 0 Å². The Balaban J connectivity index is 2.58. The van der Waals surface area contributed by atoms with E-state index < -0.39 is 10.0 Å². The lowest BCUT2D eigenvalue weighted by molar-refractivity contribution is 0.582. The molecule has 5 nitrogen and oxygen atoms in total. The Morgan fingerprint density at radius 3 is 2.85 bits per heavy atom. The van der Waals surface area contributed by atoms with Crippen molar-refractivity contribution in [3.05, 3.63) is 25.3 Å². The maximum atomic E-state index is 10.9. The highest BCUT2D eigenvalue weighted by Gasteiger charge is 2.07. The van der Waals surface area contributed by atoms with Gasteiger partial charge in [-0.3, -0.25) is 0 Å². The van der Waals surface area contributed by atoms with Crippen molar-refractivity contribution in [1.29, 1.82) is 0 Å². The van der Waals surface area contributed by atoms with Gasteiger partial charge in [-0.1, -0.05) is 0 Å². The van der Waals surface area contributed by atoms with Crippen LogP contribution in [0.15, 0.2) is 12.4 Å². The van der Waals surface area contributed by atoms with Crippen LogP contribution in [0.1, 0.15) is 5.82 Å². The monoisotopic (exact) mass is 201 g/mol. The van der Waals surface area contributed by atoms with Gasteiger partial charge >= 0.3 is 0 Å². The number of aromatic nitrogens is 2. The lowest BCUT2D eigenvalue weighted by Crippen LogP contribution is -2.23. The Morgan fingerprint density at radius 2 is 2.38 bits per heavy atom. The quantitative estimate of drug-likeness (QED) is 0.685. The van der Waals surface area contributed by atoms with Crippen LogP contribution in [0.4, 0.5) is 0 Å². The number of rotatable bonds is 4. The molecule has 1 N–H and O–H groups in total. The molecule has 1 aromatic heterocycles. The van der Waals surface area contributed by atoms with Crippen molar-refractivity contribution in [2.75, 3.05) is 5.75 Å². The zero-order valence-electron chi connectivity index (χ0n) is 7.27. The van der Waals surface area contributed by atoms with Crippen molar-refractivity contribution >= 4 is 10.0 Å². The Hall–Kier alpha value is -0.880. The SMILES string of the molecule is [CH]NS(=O)(=O)CCn1ccnc1C. The van der Waals surface area contributed by atoms with Gasteiger partial charge < -0.3 is 4.57 Å². The summed E-state index contributed by atoms with van der Waals surface area (Å²) < 4.78 is 25.4. The summed E-state index contributed by atoms with van der Waals surface area (Å²) in [5, 5.41) is 0. The molecule has 6 heteroatoms. The molecular formula is C7H11N3O2S. The lowest BCUT2D eigenvalue weighted by atomic mass is 10.6. The molecule has 0 fully saturated rings. The molecule has 0 saturated heterocycles. The van der Waals surface area contributed by atoms with E-state index in [0.29, 0.717) is 6.54 Å². The van der Waals surface area contributed by atoms with Crippen molar-refractivity contribution in [3.63, 3.8) is 0 Å². The van der Waals surface area contributed by atoms with E-state index in [4.69, 9.17) is 7.05 Å². The molecule has 0 spiro atoms. The summed E-state index contributed by atoms with van der Waals surface area (Å²) in [6.45, 7) is 2.17. The summed E-state index contributed by atoms with van der Waals surface area (Å²) in [6, 6.07) is 0. The summed E-state index contributed by atoms with van der Waals surface area (Å²) in [7, 11) is 1.49. The second-order valence-corrected chi connectivity index (χ2v) is 4.48. The third kappa shape index (κ3) is 2.82. The van der Waals surface area contributed by atoms with Crippen molar-refractivity contribution in [3.8, 4) is 0 Å². The molecule has 0 aromatic carbocycles. The Bertz CT molecular complexity index is 369. The molecule has 0 amide bonds. The molecule has 2 radical (unpaired) electrons. The van der Waals surface area contributed by atoms with Crippen LogP contribution in [0.3, 0.4) is 0 Å². The number of nitrogens with zero attached hydrogens (tertiary/aromatic N) is 2. The largest absolute Gasteiger partial charge is 0.334 e. The first-order valence-electron chi connectivity index (χ1n) is 3.73. The third-order valence-electron chi connectivity index (χ3n) is 1.70. The minimum Gasteiger partial charge on any atom is -0.334 e. The van der Waals surface area contributed by atoms with Crippen LogP contribution in [-0.4, -0.2) is 23.7 Å². The van der Waals surface area contributed by atoms with Crippen LogP contribution >= 0.6 is 0 Å². The maximum Gasteiger partial charge on any atom is 0.213 e. The first-order valence-corrected chi connectivity index (χ1v) is 5.38. The average Bonchev–Trinajstić information content (AvgIpc) is 2.48. The minimum atomic E-state index is -3.33. The number of hydrogen-bond acceptors (Lipinski definition) is 3. The van der Waals surface area contributed by atoms with Crippen LogP contribution in [0, 0.1) is 14.0 Å². The van der Waals surface area contributed by atoms with E-state index >= 15 is 0 Å². The van der Waals surface area contributed by atoms with Gasteiger partial charge in [0.1, 0.15) is 5.82 Å². The molecule has 0 aliphatic carbocycles. The molecule has 0 unspecified atom stereocenters. The summed E-state index contributed by atoms with van der Waals surface area (Å²) in [5.74, 6) is 0.743. The molecule has 0 aliphatic heterocycles. The van der Waals surface area contributed by atoms with Gasteiger partial charge in [0.25, 0.3) is 0 Å². The third-order valence-corrected chi connectivity index (χ3v) is 2.78. The molecule has 0 saturated carbocycles. The first-order chi connectivity index (χ1) is 6.05. The summed E-state index contributed by atoms with van der Waals surface area (Å²) in [4.78, 5) is 3.96. The molecule has 1 rings (SSSR count). The molecule has 1 aromatic rings. The lowest BCUT2D eigenvalue weighted by Gasteiger charge is -2.04. The topological polar surface area (TPSA) is 64.0 Å². The van der Waals surface area contributed by atoms with Gasteiger partial charge in [0, 0.05) is 18.9 Å². The smallest absolute Gasteiger partial charge is 0.213 e. The van der Waals surface area contributed by atoms with E-state index in [1.807, 2.05) is 6.92 Å². The van der Waals surface area contributed by atoms with E-state index in [0.717, 1.165) is 5.82 Å². The number of nitrogens with one attached hydrogen (secondary N) is 1. The van der Waals surface area contributed by atoms with E-state index in [1.165, 1.54) is 0 Å². The fraction of sp³-hybridized carbons (Fsp3) is 0.429. The normalized spacial score (nSPS) is 11.8. The zero-order chi connectivity index (χ0) is 9.90. The van der Waals surface area contributed by atoms with E-state index in [2.05, 4.69) is 4.98 Å². The second kappa shape index (κ2) is 3.89. The van der Waals surface area contributed by atoms with Gasteiger partial charge in [0.2, 0.25) is 10.0 Å². The molecule has 1 heterocycles. The maximum absolute atomic E-state index is 10.9. The van der Waals surface area contributed by atoms with Gasteiger partial charge in [0.15, 0.2) is 0 Å². The second-order valence-electron chi connectivity index (χ2n) is 2.60. The molecule has 0 atom stereocenters. The Morgan fingerprint density at radius 1 is 1.69 bits per heavy atom.